The van der Waals surface area contributed by atoms with Gasteiger partial charge in [-0.15, -0.1) is 0 Å². The molecule has 5 nitrogen and oxygen atoms in total. The maximum absolute atomic E-state index is 15.4. The minimum absolute atomic E-state index is 0.0519. The Morgan fingerprint density at radius 3 is 2.57 bits per heavy atom. The van der Waals surface area contributed by atoms with Gasteiger partial charge in [-0.3, -0.25) is 9.59 Å². The average molecular weight is 494 g/mol. The number of carbonyl (C=O) groups is 1. The Morgan fingerprint density at radius 1 is 1.08 bits per heavy atom. The van der Waals surface area contributed by atoms with Crippen molar-refractivity contribution in [2.45, 2.75) is 46.5 Å². The van der Waals surface area contributed by atoms with E-state index in [0.717, 1.165) is 24.2 Å². The molecule has 0 spiro atoms. The normalized spacial score (nSPS) is 10.8. The van der Waals surface area contributed by atoms with Crippen molar-refractivity contribution in [3.63, 3.8) is 0 Å². The summed E-state index contributed by atoms with van der Waals surface area (Å²) in [7, 11) is 0. The number of hydrogen-bond donors (Lipinski definition) is 0. The number of nitrogens with zero attached hydrogens (tertiary/aromatic N) is 3. The van der Waals surface area contributed by atoms with Crippen LogP contribution in [0.2, 0.25) is 0 Å². The van der Waals surface area contributed by atoms with Crippen LogP contribution >= 0.6 is 0 Å². The lowest BCUT2D eigenvalue weighted by Gasteiger charge is -2.20. The van der Waals surface area contributed by atoms with Crippen molar-refractivity contribution in [3.05, 3.63) is 117 Å². The topological polar surface area (TPSA) is 75.8 Å². The van der Waals surface area contributed by atoms with E-state index < -0.39 is 5.82 Å². The Kier molecular flexibility index (Phi) is 7.74. The van der Waals surface area contributed by atoms with Gasteiger partial charge in [-0.25, -0.2) is 4.39 Å². The molecule has 6 heteroatoms. The summed E-state index contributed by atoms with van der Waals surface area (Å²) >= 11 is 0. The molecular weight excluding hydrogens is 465 g/mol. The van der Waals surface area contributed by atoms with Gasteiger partial charge in [0.25, 0.3) is 5.56 Å². The summed E-state index contributed by atoms with van der Waals surface area (Å²) in [6.07, 6.45) is 2.46. The zero-order valence-corrected chi connectivity index (χ0v) is 21.2. The van der Waals surface area contributed by atoms with Crippen molar-refractivity contribution in [3.8, 4) is 22.9 Å². The molecule has 4 rings (SSSR count). The largest absolute Gasteiger partial charge is 0.302 e. The number of benzene rings is 3. The first-order chi connectivity index (χ1) is 17.8. The number of Topliss-reactive ketones (excluding diaryl/α,β-unsaturated/α-hetero) is 1. The van der Waals surface area contributed by atoms with Gasteiger partial charge in [0, 0.05) is 28.9 Å². The summed E-state index contributed by atoms with van der Waals surface area (Å²) in [5.74, 6) is 0.0187. The van der Waals surface area contributed by atoms with E-state index in [0.29, 0.717) is 45.6 Å². The van der Waals surface area contributed by atoms with Crippen LogP contribution in [-0.2, 0) is 12.8 Å². The molecule has 0 aliphatic carbocycles. The molecule has 0 aliphatic heterocycles. The molecule has 0 atom stereocenters. The van der Waals surface area contributed by atoms with Gasteiger partial charge in [0.05, 0.1) is 11.6 Å². The molecule has 3 aromatic carbocycles. The number of carbonyl (C=O) groups excluding carboxylic acids is 1. The molecule has 37 heavy (non-hydrogen) atoms. The Bertz CT molecular complexity index is 1580. The number of rotatable bonds is 8. The molecule has 0 unspecified atom stereocenters. The van der Waals surface area contributed by atoms with Crippen LogP contribution in [0.1, 0.15) is 65.3 Å². The lowest BCUT2D eigenvalue weighted by atomic mass is 9.96. The highest BCUT2D eigenvalue weighted by atomic mass is 19.1. The Labute approximate surface area is 215 Å². The summed E-state index contributed by atoms with van der Waals surface area (Å²) in [4.78, 5) is 29.4. The van der Waals surface area contributed by atoms with Gasteiger partial charge < -0.3 is 4.57 Å². The number of nitriles is 1. The number of aryl methyl sites for hydroxylation is 1. The number of halogens is 1. The molecule has 0 fully saturated rings. The first-order valence-corrected chi connectivity index (χ1v) is 12.3. The second-order valence-electron chi connectivity index (χ2n) is 9.08. The molecule has 0 amide bonds. The van der Waals surface area contributed by atoms with Crippen molar-refractivity contribution in [1.82, 2.24) is 9.55 Å². The summed E-state index contributed by atoms with van der Waals surface area (Å²) in [6.45, 7) is 5.35. The highest BCUT2D eigenvalue weighted by Gasteiger charge is 2.19. The Hall–Kier alpha value is -4.37. The van der Waals surface area contributed by atoms with Crippen molar-refractivity contribution >= 4 is 5.78 Å². The van der Waals surface area contributed by atoms with E-state index in [1.54, 1.807) is 49.4 Å². The molecule has 0 bridgehead atoms. The van der Waals surface area contributed by atoms with Gasteiger partial charge in [0.15, 0.2) is 5.78 Å². The van der Waals surface area contributed by atoms with Gasteiger partial charge in [-0.2, -0.15) is 10.2 Å². The first kappa shape index (κ1) is 25.7. The van der Waals surface area contributed by atoms with Crippen LogP contribution in [0.4, 0.5) is 4.39 Å². The smallest absolute Gasteiger partial charge is 0.276 e. The molecule has 4 aromatic rings. The Morgan fingerprint density at radius 2 is 1.86 bits per heavy atom. The molecule has 186 valence electrons. The quantitative estimate of drug-likeness (QED) is 0.268. The third-order valence-electron chi connectivity index (χ3n) is 6.52. The SMILES string of the molecule is CCCCc1c(Cc2ccc(-c3ccccc3C#N)cc2F)c(=O)nc(C)n1-c1cccc(C(C)=O)c1. The molecular formula is C31H28FN3O2. The van der Waals surface area contributed by atoms with Crippen LogP contribution in [-0.4, -0.2) is 15.3 Å². The van der Waals surface area contributed by atoms with Crippen LogP contribution in [0.15, 0.2) is 71.5 Å². The van der Waals surface area contributed by atoms with E-state index in [1.165, 1.54) is 13.0 Å². The lowest BCUT2D eigenvalue weighted by Crippen LogP contribution is -2.25. The second kappa shape index (κ2) is 11.1. The minimum Gasteiger partial charge on any atom is -0.302 e. The first-order valence-electron chi connectivity index (χ1n) is 12.3. The van der Waals surface area contributed by atoms with Crippen LogP contribution in [0.25, 0.3) is 16.8 Å². The van der Waals surface area contributed by atoms with Gasteiger partial charge in [0.2, 0.25) is 0 Å². The van der Waals surface area contributed by atoms with E-state index in [-0.39, 0.29) is 17.8 Å². The highest BCUT2D eigenvalue weighted by molar-refractivity contribution is 5.94. The van der Waals surface area contributed by atoms with E-state index >= 15 is 4.39 Å². The van der Waals surface area contributed by atoms with Crippen LogP contribution in [0.3, 0.4) is 0 Å². The van der Waals surface area contributed by atoms with Crippen LogP contribution in [0, 0.1) is 24.1 Å². The number of aromatic nitrogens is 2. The van der Waals surface area contributed by atoms with Crippen LogP contribution < -0.4 is 5.56 Å². The zero-order chi connectivity index (χ0) is 26.5. The monoisotopic (exact) mass is 493 g/mol. The maximum atomic E-state index is 15.4. The van der Waals surface area contributed by atoms with Crippen molar-refractivity contribution < 1.29 is 9.18 Å². The molecule has 0 N–H and O–H groups in total. The molecule has 0 saturated carbocycles. The fourth-order valence-corrected chi connectivity index (χ4v) is 4.59. The van der Waals surface area contributed by atoms with Crippen molar-refractivity contribution in [2.75, 3.05) is 0 Å². The molecule has 1 heterocycles. The molecule has 1 aromatic heterocycles. The lowest BCUT2D eigenvalue weighted by molar-refractivity contribution is 0.101. The zero-order valence-electron chi connectivity index (χ0n) is 21.2. The van der Waals surface area contributed by atoms with Gasteiger partial charge in [0.1, 0.15) is 11.6 Å². The second-order valence-corrected chi connectivity index (χ2v) is 9.08. The summed E-state index contributed by atoms with van der Waals surface area (Å²) in [6, 6.07) is 21.3. The summed E-state index contributed by atoms with van der Waals surface area (Å²) < 4.78 is 17.3. The number of unbranched alkanes of at least 4 members (excludes halogenated alkanes) is 1. The third-order valence-corrected chi connectivity index (χ3v) is 6.52. The third kappa shape index (κ3) is 5.41. The van der Waals surface area contributed by atoms with E-state index in [4.69, 9.17) is 0 Å². The fraction of sp³-hybridized carbons (Fsp3) is 0.226. The highest BCUT2D eigenvalue weighted by Crippen LogP contribution is 2.27. The predicted octanol–water partition coefficient (Wildman–Crippen LogP) is 6.35. The predicted molar refractivity (Wildman–Crippen MR) is 143 cm³/mol. The van der Waals surface area contributed by atoms with Gasteiger partial charge in [-0.05, 0) is 67.6 Å². The molecule has 0 saturated heterocycles. The van der Waals surface area contributed by atoms with Gasteiger partial charge >= 0.3 is 0 Å². The molecule has 0 aliphatic rings. The number of ketones is 1. The van der Waals surface area contributed by atoms with E-state index in [9.17, 15) is 14.9 Å². The van der Waals surface area contributed by atoms with E-state index in [1.807, 2.05) is 22.8 Å². The molecule has 0 radical (unpaired) electrons. The minimum atomic E-state index is -0.447. The Balaban J connectivity index is 1.82. The standard InChI is InChI=1S/C31H28FN3O2/c1-4-5-13-30-28(31(37)34-21(3)35(30)26-11-8-10-22(16-26)20(2)36)17-24-15-14-23(18-29(24)32)27-12-7-6-9-25(27)19-33/h6-12,14-16,18H,4-5,13,17H2,1-3H3. The maximum Gasteiger partial charge on any atom is 0.276 e. The average Bonchev–Trinajstić information content (AvgIpc) is 2.90. The summed E-state index contributed by atoms with van der Waals surface area (Å²) in [5, 5.41) is 9.41. The van der Waals surface area contributed by atoms with Crippen molar-refractivity contribution in [2.24, 2.45) is 0 Å². The van der Waals surface area contributed by atoms with E-state index in [2.05, 4.69) is 18.0 Å². The number of hydrogen-bond acceptors (Lipinski definition) is 4. The van der Waals surface area contributed by atoms with Crippen molar-refractivity contribution in [1.29, 1.82) is 5.26 Å². The van der Waals surface area contributed by atoms with Crippen LogP contribution in [0.5, 0.6) is 0 Å². The summed E-state index contributed by atoms with van der Waals surface area (Å²) in [5.41, 5.74) is 4.26. The fourth-order valence-electron chi connectivity index (χ4n) is 4.59. The van der Waals surface area contributed by atoms with Gasteiger partial charge in [-0.1, -0.05) is 55.8 Å².